The van der Waals surface area contributed by atoms with Gasteiger partial charge in [0.25, 0.3) is 0 Å². The molecule has 2 atom stereocenters. The summed E-state index contributed by atoms with van der Waals surface area (Å²) in [6.07, 6.45) is -4.48. The summed E-state index contributed by atoms with van der Waals surface area (Å²) in [5.41, 5.74) is -0.0452. The van der Waals surface area contributed by atoms with Crippen molar-refractivity contribution in [2.24, 2.45) is 0 Å². The Labute approximate surface area is 142 Å². The van der Waals surface area contributed by atoms with Gasteiger partial charge >= 0.3 is 6.09 Å². The second kappa shape index (κ2) is 8.41. The number of ether oxygens (including phenoxy) is 1. The molecule has 4 N–H and O–H groups in total. The van der Waals surface area contributed by atoms with E-state index in [1.807, 2.05) is 6.07 Å². The van der Waals surface area contributed by atoms with Crippen LogP contribution in [-0.4, -0.2) is 34.1 Å². The minimum atomic E-state index is -1.94. The van der Waals surface area contributed by atoms with Crippen LogP contribution in [0.3, 0.4) is 0 Å². The van der Waals surface area contributed by atoms with Crippen molar-refractivity contribution >= 4 is 6.09 Å². The summed E-state index contributed by atoms with van der Waals surface area (Å²) >= 11 is 0. The molecule has 0 aliphatic carbocycles. The summed E-state index contributed by atoms with van der Waals surface area (Å²) in [7, 11) is 0. The van der Waals surface area contributed by atoms with Crippen molar-refractivity contribution in [2.45, 2.75) is 18.8 Å². The second-order valence-corrected chi connectivity index (χ2v) is 5.28. The first kappa shape index (κ1) is 18.6. The Bertz CT molecular complexity index is 703. The highest BCUT2D eigenvalue weighted by Crippen LogP contribution is 2.27. The molecule has 2 aromatic carbocycles. The Morgan fingerprint density at radius 1 is 1.12 bits per heavy atom. The average Bonchev–Trinajstić information content (AvgIpc) is 2.57. The number of alkyl carbamates (subject to hydrolysis) is 1. The van der Waals surface area contributed by atoms with Gasteiger partial charge in [-0.15, -0.1) is 0 Å². The summed E-state index contributed by atoms with van der Waals surface area (Å²) in [6, 6.07) is 10.1. The lowest BCUT2D eigenvalue weighted by atomic mass is 10.0. The summed E-state index contributed by atoms with van der Waals surface area (Å²) in [6.45, 7) is -0.485. The van der Waals surface area contributed by atoms with E-state index in [2.05, 4.69) is 5.32 Å². The lowest BCUT2D eigenvalue weighted by molar-refractivity contribution is 0.0142. The van der Waals surface area contributed by atoms with Crippen LogP contribution in [0, 0.1) is 11.6 Å². The Morgan fingerprint density at radius 3 is 2.32 bits per heavy atom. The van der Waals surface area contributed by atoms with Crippen molar-refractivity contribution in [3.05, 3.63) is 65.2 Å². The highest BCUT2D eigenvalue weighted by atomic mass is 19.1. The van der Waals surface area contributed by atoms with Gasteiger partial charge in [0.2, 0.25) is 0 Å². The van der Waals surface area contributed by atoms with E-state index in [-0.39, 0.29) is 6.61 Å². The molecule has 0 aliphatic rings. The molecule has 2 aromatic rings. The van der Waals surface area contributed by atoms with Gasteiger partial charge in [0, 0.05) is 18.7 Å². The minimum absolute atomic E-state index is 0.00649. The van der Waals surface area contributed by atoms with E-state index in [4.69, 9.17) is 9.84 Å². The fourth-order valence-electron chi connectivity index (χ4n) is 2.12. The highest BCUT2D eigenvalue weighted by molar-refractivity contribution is 5.67. The molecule has 2 rings (SSSR count). The number of nitrogens with one attached hydrogen (secondary N) is 1. The molecule has 0 saturated heterocycles. The number of rotatable bonds is 6. The number of aliphatic hydroxyl groups is 2. The number of hydrogen-bond donors (Lipinski definition) is 4. The van der Waals surface area contributed by atoms with Crippen LogP contribution in [0.25, 0.3) is 0 Å². The van der Waals surface area contributed by atoms with Gasteiger partial charge in [-0.25, -0.2) is 13.6 Å². The molecule has 0 saturated carbocycles. The van der Waals surface area contributed by atoms with Gasteiger partial charge < -0.3 is 25.4 Å². The van der Waals surface area contributed by atoms with Crippen LogP contribution in [-0.2, 0) is 11.3 Å². The van der Waals surface area contributed by atoms with Gasteiger partial charge in [-0.2, -0.15) is 0 Å². The van der Waals surface area contributed by atoms with E-state index in [9.17, 15) is 23.8 Å². The van der Waals surface area contributed by atoms with E-state index in [1.54, 1.807) is 24.3 Å². The molecular formula is C17H17F2NO5. The minimum Gasteiger partial charge on any atom is -0.508 e. The Morgan fingerprint density at radius 2 is 1.72 bits per heavy atom. The molecule has 6 nitrogen and oxygen atoms in total. The first-order valence-corrected chi connectivity index (χ1v) is 7.37. The molecule has 0 radical (unpaired) electrons. The van der Waals surface area contributed by atoms with E-state index in [1.165, 1.54) is 0 Å². The predicted octanol–water partition coefficient (Wildman–Crippen LogP) is 1.99. The van der Waals surface area contributed by atoms with Crippen molar-refractivity contribution in [1.82, 2.24) is 5.32 Å². The Hall–Kier alpha value is -2.71. The van der Waals surface area contributed by atoms with Crippen LogP contribution in [0.1, 0.15) is 17.2 Å². The number of halogens is 2. The third-order valence-electron chi connectivity index (χ3n) is 3.39. The maximum Gasteiger partial charge on any atom is 0.407 e. The van der Waals surface area contributed by atoms with Crippen molar-refractivity contribution < 1.29 is 33.6 Å². The van der Waals surface area contributed by atoms with Crippen LogP contribution < -0.4 is 5.32 Å². The molecule has 0 aromatic heterocycles. The van der Waals surface area contributed by atoms with Gasteiger partial charge in [-0.3, -0.25) is 0 Å². The van der Waals surface area contributed by atoms with Crippen molar-refractivity contribution in [1.29, 1.82) is 0 Å². The largest absolute Gasteiger partial charge is 0.508 e. The summed E-state index contributed by atoms with van der Waals surface area (Å²) in [5.74, 6) is -3.07. The van der Waals surface area contributed by atoms with Crippen molar-refractivity contribution in [3.63, 3.8) is 0 Å². The quantitative estimate of drug-likeness (QED) is 0.637. The highest BCUT2D eigenvalue weighted by Gasteiger charge is 2.26. The van der Waals surface area contributed by atoms with Crippen LogP contribution in [0.5, 0.6) is 5.75 Å². The normalized spacial score (nSPS) is 13.1. The lowest BCUT2D eigenvalue weighted by Crippen LogP contribution is -2.36. The molecule has 0 spiro atoms. The van der Waals surface area contributed by atoms with Gasteiger partial charge in [0.1, 0.15) is 36.2 Å². The SMILES string of the molecule is O=C(NCC(O)C(O)c1c(F)cc(O)cc1F)OCc1ccccc1. The zero-order valence-electron chi connectivity index (χ0n) is 13.0. The predicted molar refractivity (Wildman–Crippen MR) is 83.6 cm³/mol. The monoisotopic (exact) mass is 353 g/mol. The number of phenolic OH excluding ortho intramolecular Hbond substituents is 1. The molecule has 2 unspecified atom stereocenters. The maximum atomic E-state index is 13.6. The van der Waals surface area contributed by atoms with Crippen molar-refractivity contribution in [3.8, 4) is 5.75 Å². The Kier molecular flexibility index (Phi) is 6.26. The van der Waals surface area contributed by atoms with Crippen molar-refractivity contribution in [2.75, 3.05) is 6.54 Å². The number of phenols is 1. The van der Waals surface area contributed by atoms with E-state index >= 15 is 0 Å². The summed E-state index contributed by atoms with van der Waals surface area (Å²) < 4.78 is 32.2. The standard InChI is InChI=1S/C17H17F2NO5/c18-12-6-11(21)7-13(19)15(12)16(23)14(22)8-20-17(24)25-9-10-4-2-1-3-5-10/h1-7,14,16,21-23H,8-9H2,(H,20,24). The first-order chi connectivity index (χ1) is 11.9. The van der Waals surface area contributed by atoms with E-state index in [0.717, 1.165) is 5.56 Å². The molecule has 0 bridgehead atoms. The topological polar surface area (TPSA) is 99.0 Å². The fourth-order valence-corrected chi connectivity index (χ4v) is 2.12. The summed E-state index contributed by atoms with van der Waals surface area (Å²) in [4.78, 5) is 11.6. The summed E-state index contributed by atoms with van der Waals surface area (Å²) in [5, 5.41) is 30.9. The smallest absolute Gasteiger partial charge is 0.407 e. The third-order valence-corrected chi connectivity index (χ3v) is 3.39. The number of benzene rings is 2. The van der Waals surface area contributed by atoms with E-state index < -0.39 is 47.8 Å². The number of aliphatic hydroxyl groups excluding tert-OH is 2. The number of carbonyl (C=O) groups is 1. The van der Waals surface area contributed by atoms with Gasteiger partial charge in [-0.1, -0.05) is 30.3 Å². The maximum absolute atomic E-state index is 13.6. The van der Waals surface area contributed by atoms with Gasteiger partial charge in [0.15, 0.2) is 0 Å². The second-order valence-electron chi connectivity index (χ2n) is 5.28. The Balaban J connectivity index is 1.87. The number of amides is 1. The fraction of sp³-hybridized carbons (Fsp3) is 0.235. The molecule has 25 heavy (non-hydrogen) atoms. The molecule has 134 valence electrons. The molecule has 8 heteroatoms. The number of carbonyl (C=O) groups excluding carboxylic acids is 1. The molecule has 0 heterocycles. The zero-order valence-corrected chi connectivity index (χ0v) is 13.0. The number of aromatic hydroxyl groups is 1. The molecule has 1 amide bonds. The zero-order chi connectivity index (χ0) is 18.4. The van der Waals surface area contributed by atoms with Crippen LogP contribution in [0.4, 0.5) is 13.6 Å². The van der Waals surface area contributed by atoms with Crippen LogP contribution >= 0.6 is 0 Å². The van der Waals surface area contributed by atoms with Gasteiger partial charge in [0.05, 0.1) is 5.56 Å². The van der Waals surface area contributed by atoms with Gasteiger partial charge in [-0.05, 0) is 5.56 Å². The van der Waals surface area contributed by atoms with E-state index in [0.29, 0.717) is 12.1 Å². The first-order valence-electron chi connectivity index (χ1n) is 7.37. The average molecular weight is 353 g/mol. The lowest BCUT2D eigenvalue weighted by Gasteiger charge is -2.19. The number of hydrogen-bond acceptors (Lipinski definition) is 5. The molecular weight excluding hydrogens is 336 g/mol. The van der Waals surface area contributed by atoms with Crippen LogP contribution in [0.2, 0.25) is 0 Å². The third kappa shape index (κ3) is 5.13. The van der Waals surface area contributed by atoms with Crippen LogP contribution in [0.15, 0.2) is 42.5 Å². The molecule has 0 aliphatic heterocycles. The molecule has 0 fully saturated rings.